The van der Waals surface area contributed by atoms with Crippen LogP contribution in [0.3, 0.4) is 0 Å². The zero-order chi connectivity index (χ0) is 15.0. The van der Waals surface area contributed by atoms with Gasteiger partial charge in [-0.2, -0.15) is 5.10 Å². The summed E-state index contributed by atoms with van der Waals surface area (Å²) in [6, 6.07) is 8.59. The SMILES string of the molecule is CCc1nn(CC)c(CC2Cc3ccccc3C2N)c1Cl. The van der Waals surface area contributed by atoms with Crippen molar-refractivity contribution in [1.29, 1.82) is 0 Å². The Morgan fingerprint density at radius 2 is 2.10 bits per heavy atom. The number of nitrogens with two attached hydrogens (primary N) is 1. The van der Waals surface area contributed by atoms with Crippen LogP contribution < -0.4 is 5.73 Å². The predicted octanol–water partition coefficient (Wildman–Crippen LogP) is 3.53. The second-order valence-corrected chi connectivity index (χ2v) is 6.15. The van der Waals surface area contributed by atoms with Crippen molar-refractivity contribution in [3.05, 3.63) is 51.8 Å². The van der Waals surface area contributed by atoms with Crippen LogP contribution in [-0.4, -0.2) is 9.78 Å². The minimum absolute atomic E-state index is 0.0996. The first-order valence-corrected chi connectivity index (χ1v) is 8.10. The molecule has 0 fully saturated rings. The lowest BCUT2D eigenvalue weighted by Crippen LogP contribution is -2.20. The summed E-state index contributed by atoms with van der Waals surface area (Å²) >= 11 is 6.52. The van der Waals surface area contributed by atoms with Gasteiger partial charge < -0.3 is 5.73 Å². The third-order valence-corrected chi connectivity index (χ3v) is 4.99. The fourth-order valence-corrected chi connectivity index (χ4v) is 3.71. The zero-order valence-electron chi connectivity index (χ0n) is 12.6. The van der Waals surface area contributed by atoms with Crippen LogP contribution in [-0.2, 0) is 25.8 Å². The molecule has 4 heteroatoms. The highest BCUT2D eigenvalue weighted by Crippen LogP contribution is 2.37. The van der Waals surface area contributed by atoms with Crippen LogP contribution >= 0.6 is 11.6 Å². The Labute approximate surface area is 131 Å². The second-order valence-electron chi connectivity index (χ2n) is 5.77. The van der Waals surface area contributed by atoms with Crippen molar-refractivity contribution in [3.8, 4) is 0 Å². The summed E-state index contributed by atoms with van der Waals surface area (Å²) in [5, 5.41) is 5.44. The molecule has 1 aliphatic carbocycles. The summed E-state index contributed by atoms with van der Waals surface area (Å²) in [4.78, 5) is 0. The van der Waals surface area contributed by atoms with Crippen molar-refractivity contribution in [1.82, 2.24) is 9.78 Å². The van der Waals surface area contributed by atoms with Crippen LogP contribution in [0.25, 0.3) is 0 Å². The van der Waals surface area contributed by atoms with Gasteiger partial charge in [0, 0.05) is 12.6 Å². The molecule has 0 bridgehead atoms. The van der Waals surface area contributed by atoms with Crippen LogP contribution in [0, 0.1) is 5.92 Å². The van der Waals surface area contributed by atoms with Gasteiger partial charge in [0.25, 0.3) is 0 Å². The van der Waals surface area contributed by atoms with Crippen molar-refractivity contribution in [3.63, 3.8) is 0 Å². The number of halogens is 1. The maximum Gasteiger partial charge on any atom is 0.0849 e. The van der Waals surface area contributed by atoms with E-state index in [9.17, 15) is 0 Å². The Hall–Kier alpha value is -1.32. The Kier molecular flexibility index (Phi) is 4.05. The van der Waals surface area contributed by atoms with Gasteiger partial charge in [-0.25, -0.2) is 0 Å². The van der Waals surface area contributed by atoms with Crippen molar-refractivity contribution in [2.75, 3.05) is 0 Å². The topological polar surface area (TPSA) is 43.8 Å². The molecule has 2 N–H and O–H groups in total. The van der Waals surface area contributed by atoms with Crippen LogP contribution in [0.4, 0.5) is 0 Å². The molecule has 2 aromatic rings. The highest BCUT2D eigenvalue weighted by Gasteiger charge is 2.31. The summed E-state index contributed by atoms with van der Waals surface area (Å²) in [6.45, 7) is 5.05. The lowest BCUT2D eigenvalue weighted by molar-refractivity contribution is 0.445. The third-order valence-electron chi connectivity index (χ3n) is 4.55. The van der Waals surface area contributed by atoms with E-state index < -0.39 is 0 Å². The minimum Gasteiger partial charge on any atom is -0.324 e. The van der Waals surface area contributed by atoms with Gasteiger partial charge in [0.15, 0.2) is 0 Å². The van der Waals surface area contributed by atoms with E-state index in [1.165, 1.54) is 11.1 Å². The molecule has 0 spiro atoms. The molecule has 2 unspecified atom stereocenters. The van der Waals surface area contributed by atoms with Gasteiger partial charge in [0.05, 0.1) is 16.4 Å². The van der Waals surface area contributed by atoms with E-state index in [-0.39, 0.29) is 6.04 Å². The van der Waals surface area contributed by atoms with Gasteiger partial charge in [-0.15, -0.1) is 0 Å². The fraction of sp³-hybridized carbons (Fsp3) is 0.471. The summed E-state index contributed by atoms with van der Waals surface area (Å²) < 4.78 is 2.04. The molecule has 1 aromatic carbocycles. The van der Waals surface area contributed by atoms with Gasteiger partial charge in [-0.3, -0.25) is 4.68 Å². The monoisotopic (exact) mass is 303 g/mol. The summed E-state index contributed by atoms with van der Waals surface area (Å²) in [5.74, 6) is 0.409. The fourth-order valence-electron chi connectivity index (χ4n) is 3.37. The maximum atomic E-state index is 6.52. The number of hydrogen-bond donors (Lipinski definition) is 1. The number of aryl methyl sites for hydroxylation is 2. The van der Waals surface area contributed by atoms with Gasteiger partial charge in [-0.1, -0.05) is 42.8 Å². The number of nitrogens with zero attached hydrogens (tertiary/aromatic N) is 2. The summed E-state index contributed by atoms with van der Waals surface area (Å²) in [6.07, 6.45) is 2.80. The molecular weight excluding hydrogens is 282 g/mol. The number of aromatic nitrogens is 2. The van der Waals surface area contributed by atoms with Crippen molar-refractivity contribution in [2.45, 2.75) is 45.7 Å². The minimum atomic E-state index is 0.0996. The molecule has 2 atom stereocenters. The maximum absolute atomic E-state index is 6.52. The van der Waals surface area contributed by atoms with Gasteiger partial charge in [0.1, 0.15) is 0 Å². The molecule has 0 aliphatic heterocycles. The van der Waals surface area contributed by atoms with Crippen LogP contribution in [0.1, 0.15) is 42.4 Å². The second kappa shape index (κ2) is 5.82. The standard InChI is InChI=1S/C17H22ClN3/c1-3-14-16(18)15(21(4-2)20-14)10-12-9-11-7-5-6-8-13(11)17(12)19/h5-8,12,17H,3-4,9-10,19H2,1-2H3. The van der Waals surface area contributed by atoms with E-state index in [1.54, 1.807) is 0 Å². The molecule has 3 rings (SSSR count). The molecule has 0 saturated carbocycles. The van der Waals surface area contributed by atoms with E-state index in [4.69, 9.17) is 17.3 Å². The molecular formula is C17H22ClN3. The van der Waals surface area contributed by atoms with Crippen molar-refractivity contribution >= 4 is 11.6 Å². The number of fused-ring (bicyclic) bond motifs is 1. The van der Waals surface area contributed by atoms with E-state index in [0.29, 0.717) is 5.92 Å². The van der Waals surface area contributed by atoms with Crippen LogP contribution in [0.5, 0.6) is 0 Å². The van der Waals surface area contributed by atoms with E-state index in [0.717, 1.165) is 42.2 Å². The van der Waals surface area contributed by atoms with Crippen LogP contribution in [0.2, 0.25) is 5.02 Å². The number of rotatable bonds is 4. The molecule has 3 nitrogen and oxygen atoms in total. The lowest BCUT2D eigenvalue weighted by atomic mass is 9.95. The zero-order valence-corrected chi connectivity index (χ0v) is 13.4. The third kappa shape index (κ3) is 2.49. The van der Waals surface area contributed by atoms with Crippen molar-refractivity contribution in [2.24, 2.45) is 11.7 Å². The largest absolute Gasteiger partial charge is 0.324 e. The Morgan fingerprint density at radius 3 is 2.76 bits per heavy atom. The quantitative estimate of drug-likeness (QED) is 0.939. The normalized spacial score (nSPS) is 20.8. The molecule has 21 heavy (non-hydrogen) atoms. The Morgan fingerprint density at radius 1 is 1.33 bits per heavy atom. The highest BCUT2D eigenvalue weighted by molar-refractivity contribution is 6.31. The highest BCUT2D eigenvalue weighted by atomic mass is 35.5. The van der Waals surface area contributed by atoms with Gasteiger partial charge in [0.2, 0.25) is 0 Å². The average molecular weight is 304 g/mol. The molecule has 0 saturated heterocycles. The molecule has 0 amide bonds. The van der Waals surface area contributed by atoms with Gasteiger partial charge >= 0.3 is 0 Å². The summed E-state index contributed by atoms with van der Waals surface area (Å²) in [7, 11) is 0. The molecule has 112 valence electrons. The van der Waals surface area contributed by atoms with Crippen LogP contribution in [0.15, 0.2) is 24.3 Å². The lowest BCUT2D eigenvalue weighted by Gasteiger charge is -2.17. The van der Waals surface area contributed by atoms with Gasteiger partial charge in [-0.05, 0) is 43.2 Å². The Bertz CT molecular complexity index is 647. The summed E-state index contributed by atoms with van der Waals surface area (Å²) in [5.41, 5.74) is 11.3. The molecule has 1 heterocycles. The first-order valence-electron chi connectivity index (χ1n) is 7.73. The van der Waals surface area contributed by atoms with E-state index in [1.807, 2.05) is 4.68 Å². The predicted molar refractivity (Wildman–Crippen MR) is 86.6 cm³/mol. The number of benzene rings is 1. The molecule has 1 aromatic heterocycles. The first-order chi connectivity index (χ1) is 10.2. The van der Waals surface area contributed by atoms with E-state index >= 15 is 0 Å². The molecule has 1 aliphatic rings. The first kappa shape index (κ1) is 14.6. The molecule has 0 radical (unpaired) electrons. The Balaban J connectivity index is 1.87. The smallest absolute Gasteiger partial charge is 0.0849 e. The van der Waals surface area contributed by atoms with Crippen molar-refractivity contribution < 1.29 is 0 Å². The van der Waals surface area contributed by atoms with E-state index in [2.05, 4.69) is 43.2 Å². The number of hydrogen-bond acceptors (Lipinski definition) is 2. The average Bonchev–Trinajstić information content (AvgIpc) is 2.99.